The molecule has 1 aliphatic rings. The Labute approximate surface area is 180 Å². The SMILES string of the molecule is CSc1nc(-c2ccccc2)nc(N2CCN(Cc3cccc(O)c3)CC2)c1C#N. The fourth-order valence-corrected chi connectivity index (χ4v) is 4.17. The molecule has 30 heavy (non-hydrogen) atoms. The van der Waals surface area contributed by atoms with E-state index in [2.05, 4.69) is 20.9 Å². The molecule has 2 aromatic carbocycles. The van der Waals surface area contributed by atoms with Crippen molar-refractivity contribution >= 4 is 17.6 Å². The van der Waals surface area contributed by atoms with E-state index in [1.54, 1.807) is 6.07 Å². The van der Waals surface area contributed by atoms with Gasteiger partial charge >= 0.3 is 0 Å². The molecule has 3 aromatic rings. The molecule has 0 saturated carbocycles. The van der Waals surface area contributed by atoms with Crippen LogP contribution in [0.3, 0.4) is 0 Å². The van der Waals surface area contributed by atoms with E-state index in [1.807, 2.05) is 54.8 Å². The Kier molecular flexibility index (Phi) is 6.17. The van der Waals surface area contributed by atoms with Gasteiger partial charge in [0.15, 0.2) is 11.6 Å². The number of phenolic OH excluding ortho intramolecular Hbond substituents is 1. The maximum Gasteiger partial charge on any atom is 0.162 e. The largest absolute Gasteiger partial charge is 0.508 e. The number of hydrogen-bond acceptors (Lipinski definition) is 7. The molecule has 0 radical (unpaired) electrons. The summed E-state index contributed by atoms with van der Waals surface area (Å²) in [5.74, 6) is 1.66. The maximum atomic E-state index is 9.79. The third-order valence-electron chi connectivity index (χ3n) is 5.18. The number of nitriles is 1. The van der Waals surface area contributed by atoms with E-state index < -0.39 is 0 Å². The van der Waals surface area contributed by atoms with E-state index in [0.29, 0.717) is 28.0 Å². The molecule has 0 atom stereocenters. The molecule has 1 N–H and O–H groups in total. The van der Waals surface area contributed by atoms with Gasteiger partial charge in [-0.3, -0.25) is 4.90 Å². The van der Waals surface area contributed by atoms with Crippen molar-refractivity contribution in [1.29, 1.82) is 5.26 Å². The lowest BCUT2D eigenvalue weighted by Crippen LogP contribution is -2.46. The van der Waals surface area contributed by atoms with Crippen molar-refractivity contribution in [3.8, 4) is 23.2 Å². The Bertz CT molecular complexity index is 1060. The summed E-state index contributed by atoms with van der Waals surface area (Å²) in [7, 11) is 0. The summed E-state index contributed by atoms with van der Waals surface area (Å²) >= 11 is 1.48. The number of aromatic nitrogens is 2. The highest BCUT2D eigenvalue weighted by atomic mass is 32.2. The summed E-state index contributed by atoms with van der Waals surface area (Å²) in [6.45, 7) is 4.08. The van der Waals surface area contributed by atoms with E-state index in [0.717, 1.165) is 43.9 Å². The van der Waals surface area contributed by atoms with E-state index in [4.69, 9.17) is 4.98 Å². The third kappa shape index (κ3) is 4.40. The van der Waals surface area contributed by atoms with E-state index >= 15 is 0 Å². The molecule has 152 valence electrons. The Morgan fingerprint density at radius 2 is 1.80 bits per heavy atom. The summed E-state index contributed by atoms with van der Waals surface area (Å²) in [5, 5.41) is 20.2. The molecule has 4 rings (SSSR count). The zero-order valence-corrected chi connectivity index (χ0v) is 17.6. The molecule has 6 nitrogen and oxygen atoms in total. The predicted octanol–water partition coefficient (Wildman–Crippen LogP) is 3.76. The van der Waals surface area contributed by atoms with Crippen LogP contribution in [0, 0.1) is 11.3 Å². The highest BCUT2D eigenvalue weighted by molar-refractivity contribution is 7.98. The number of hydrogen-bond donors (Lipinski definition) is 1. The molecule has 0 bridgehead atoms. The first-order valence-electron chi connectivity index (χ1n) is 9.84. The molecule has 0 spiro atoms. The zero-order valence-electron chi connectivity index (χ0n) is 16.8. The Morgan fingerprint density at radius 3 is 2.47 bits per heavy atom. The smallest absolute Gasteiger partial charge is 0.162 e. The van der Waals surface area contributed by atoms with Gasteiger partial charge in [0.25, 0.3) is 0 Å². The van der Waals surface area contributed by atoms with Gasteiger partial charge in [-0.15, -0.1) is 11.8 Å². The average Bonchev–Trinajstić information content (AvgIpc) is 2.79. The molecule has 0 aliphatic carbocycles. The molecular weight excluding hydrogens is 394 g/mol. The summed E-state index contributed by atoms with van der Waals surface area (Å²) < 4.78 is 0. The number of phenols is 1. The minimum absolute atomic E-state index is 0.295. The van der Waals surface area contributed by atoms with Crippen LogP contribution < -0.4 is 4.90 Å². The molecule has 0 unspecified atom stereocenters. The standard InChI is InChI=1S/C23H23N5OS/c1-30-23-20(15-24)22(25-21(26-23)18-7-3-2-4-8-18)28-12-10-27(11-13-28)16-17-6-5-9-19(29)14-17/h2-9,14,29H,10-13,16H2,1H3. The third-order valence-corrected chi connectivity index (χ3v) is 5.86. The fourth-order valence-electron chi connectivity index (χ4n) is 3.65. The molecule has 7 heteroatoms. The summed E-state index contributed by atoms with van der Waals surface area (Å²) in [4.78, 5) is 14.0. The molecule has 2 heterocycles. The molecule has 1 saturated heterocycles. The van der Waals surface area contributed by atoms with Crippen LogP contribution in [0.5, 0.6) is 5.75 Å². The van der Waals surface area contributed by atoms with Gasteiger partial charge in [-0.25, -0.2) is 9.97 Å². The lowest BCUT2D eigenvalue weighted by atomic mass is 10.1. The fraction of sp³-hybridized carbons (Fsp3) is 0.261. The first kappa shape index (κ1) is 20.2. The average molecular weight is 418 g/mol. The van der Waals surface area contributed by atoms with Crippen LogP contribution in [0.25, 0.3) is 11.4 Å². The van der Waals surface area contributed by atoms with Crippen molar-refractivity contribution in [3.05, 3.63) is 65.7 Å². The van der Waals surface area contributed by atoms with Gasteiger partial charge < -0.3 is 10.0 Å². The second kappa shape index (κ2) is 9.16. The quantitative estimate of drug-likeness (QED) is 0.500. The Hall–Kier alpha value is -3.08. The van der Waals surface area contributed by atoms with Crippen LogP contribution >= 0.6 is 11.8 Å². The van der Waals surface area contributed by atoms with Crippen molar-refractivity contribution in [2.45, 2.75) is 11.6 Å². The Balaban J connectivity index is 1.56. The van der Waals surface area contributed by atoms with Gasteiger partial charge in [-0.1, -0.05) is 42.5 Å². The van der Waals surface area contributed by atoms with Crippen LogP contribution in [0.1, 0.15) is 11.1 Å². The summed E-state index contributed by atoms with van der Waals surface area (Å²) in [6.07, 6.45) is 1.94. The van der Waals surface area contributed by atoms with Crippen LogP contribution in [0.2, 0.25) is 0 Å². The summed E-state index contributed by atoms with van der Waals surface area (Å²) in [6, 6.07) is 19.6. The summed E-state index contributed by atoms with van der Waals surface area (Å²) in [5.41, 5.74) is 2.59. The number of anilines is 1. The molecule has 0 amide bonds. The molecule has 1 fully saturated rings. The number of benzene rings is 2. The lowest BCUT2D eigenvalue weighted by molar-refractivity contribution is 0.249. The minimum Gasteiger partial charge on any atom is -0.508 e. The maximum absolute atomic E-state index is 9.79. The van der Waals surface area contributed by atoms with E-state index in [9.17, 15) is 10.4 Å². The molecule has 1 aromatic heterocycles. The number of piperazine rings is 1. The van der Waals surface area contributed by atoms with Gasteiger partial charge in [-0.2, -0.15) is 5.26 Å². The Morgan fingerprint density at radius 1 is 1.03 bits per heavy atom. The van der Waals surface area contributed by atoms with Crippen molar-refractivity contribution in [2.75, 3.05) is 37.3 Å². The van der Waals surface area contributed by atoms with Crippen molar-refractivity contribution in [1.82, 2.24) is 14.9 Å². The van der Waals surface area contributed by atoms with Gasteiger partial charge in [0.1, 0.15) is 22.4 Å². The van der Waals surface area contributed by atoms with Crippen LogP contribution in [0.4, 0.5) is 5.82 Å². The highest BCUT2D eigenvalue weighted by Gasteiger charge is 2.24. The second-order valence-corrected chi connectivity index (χ2v) is 7.96. The van der Waals surface area contributed by atoms with Crippen molar-refractivity contribution in [2.24, 2.45) is 0 Å². The van der Waals surface area contributed by atoms with Gasteiger partial charge in [0.05, 0.1) is 0 Å². The van der Waals surface area contributed by atoms with Crippen LogP contribution in [0.15, 0.2) is 59.6 Å². The van der Waals surface area contributed by atoms with E-state index in [1.165, 1.54) is 11.8 Å². The number of thioether (sulfide) groups is 1. The highest BCUT2D eigenvalue weighted by Crippen LogP contribution is 2.30. The predicted molar refractivity (Wildman–Crippen MR) is 120 cm³/mol. The van der Waals surface area contributed by atoms with Gasteiger partial charge in [0, 0.05) is 38.3 Å². The van der Waals surface area contributed by atoms with Crippen LogP contribution in [-0.4, -0.2) is 52.4 Å². The lowest BCUT2D eigenvalue weighted by Gasteiger charge is -2.36. The zero-order chi connectivity index (χ0) is 20.9. The van der Waals surface area contributed by atoms with Crippen molar-refractivity contribution in [3.63, 3.8) is 0 Å². The second-order valence-electron chi connectivity index (χ2n) is 7.17. The van der Waals surface area contributed by atoms with Gasteiger partial charge in [0.2, 0.25) is 0 Å². The van der Waals surface area contributed by atoms with Crippen LogP contribution in [-0.2, 0) is 6.54 Å². The van der Waals surface area contributed by atoms with Gasteiger partial charge in [-0.05, 0) is 24.0 Å². The first-order valence-corrected chi connectivity index (χ1v) is 11.1. The first-order chi connectivity index (χ1) is 14.7. The number of rotatable bonds is 5. The van der Waals surface area contributed by atoms with Crippen molar-refractivity contribution < 1.29 is 5.11 Å². The minimum atomic E-state index is 0.295. The molecular formula is C23H23N5OS. The monoisotopic (exact) mass is 417 g/mol. The topological polar surface area (TPSA) is 76.3 Å². The normalized spacial score (nSPS) is 14.5. The molecule has 1 aliphatic heterocycles. The van der Waals surface area contributed by atoms with E-state index in [-0.39, 0.29) is 0 Å². The number of aromatic hydroxyl groups is 1. The number of nitrogens with zero attached hydrogens (tertiary/aromatic N) is 5.